The molecular formula is C25H20ClNO2S. The summed E-state index contributed by atoms with van der Waals surface area (Å²) in [5.41, 5.74) is 10.5. The van der Waals surface area contributed by atoms with Crippen molar-refractivity contribution in [2.45, 2.75) is 6.42 Å². The minimum absolute atomic E-state index is 0.0970. The van der Waals surface area contributed by atoms with Gasteiger partial charge >= 0.3 is 0 Å². The average Bonchev–Trinajstić information content (AvgIpc) is 3.10. The first kappa shape index (κ1) is 20.2. The van der Waals surface area contributed by atoms with Gasteiger partial charge in [0.1, 0.15) is 5.75 Å². The first-order valence-electron chi connectivity index (χ1n) is 9.46. The van der Waals surface area contributed by atoms with E-state index in [9.17, 15) is 4.79 Å². The summed E-state index contributed by atoms with van der Waals surface area (Å²) in [5.74, 6) is 0.714. The van der Waals surface area contributed by atoms with Gasteiger partial charge in [0.25, 0.3) is 0 Å². The minimum Gasteiger partial charge on any atom is -0.497 e. The van der Waals surface area contributed by atoms with E-state index in [0.29, 0.717) is 27.6 Å². The molecule has 0 atom stereocenters. The molecule has 1 heterocycles. The average molecular weight is 434 g/mol. The smallest absolute Gasteiger partial charge is 0.196 e. The Bertz CT molecular complexity index is 1170. The van der Waals surface area contributed by atoms with Crippen LogP contribution in [-0.2, 0) is 6.42 Å². The lowest BCUT2D eigenvalue weighted by Gasteiger charge is -2.09. The number of carbonyl (C=O) groups excluding carboxylic acids is 1. The fraction of sp³-hybridized carbons (Fsp3) is 0.0800. The largest absolute Gasteiger partial charge is 0.497 e. The molecule has 0 saturated heterocycles. The van der Waals surface area contributed by atoms with E-state index >= 15 is 0 Å². The molecule has 3 nitrogen and oxygen atoms in total. The van der Waals surface area contributed by atoms with Crippen LogP contribution < -0.4 is 10.5 Å². The Balaban J connectivity index is 1.81. The lowest BCUT2D eigenvalue weighted by atomic mass is 9.93. The molecule has 4 rings (SSSR count). The van der Waals surface area contributed by atoms with Crippen LogP contribution in [0.1, 0.15) is 26.4 Å². The second-order valence-corrected chi connectivity index (χ2v) is 8.44. The Morgan fingerprint density at radius 2 is 1.63 bits per heavy atom. The molecular weight excluding hydrogens is 414 g/mol. The molecule has 150 valence electrons. The number of hydrogen-bond acceptors (Lipinski definition) is 4. The fourth-order valence-corrected chi connectivity index (χ4v) is 4.68. The summed E-state index contributed by atoms with van der Waals surface area (Å²) in [6, 6.07) is 24.8. The number of nitrogen functional groups attached to an aromatic ring is 1. The predicted octanol–water partition coefficient (Wildman–Crippen LogP) is 6.48. The highest BCUT2D eigenvalue weighted by atomic mass is 35.5. The van der Waals surface area contributed by atoms with Crippen LogP contribution in [0, 0.1) is 0 Å². The summed E-state index contributed by atoms with van der Waals surface area (Å²) >= 11 is 7.46. The summed E-state index contributed by atoms with van der Waals surface area (Å²) in [5, 5.41) is 1.12. The van der Waals surface area contributed by atoms with Gasteiger partial charge in [0.2, 0.25) is 0 Å². The van der Waals surface area contributed by atoms with Crippen molar-refractivity contribution >= 4 is 33.7 Å². The lowest BCUT2D eigenvalue weighted by molar-refractivity contribution is 0.104. The molecule has 2 N–H and O–H groups in total. The highest BCUT2D eigenvalue weighted by Crippen LogP contribution is 2.41. The van der Waals surface area contributed by atoms with Crippen molar-refractivity contribution in [3.8, 4) is 16.9 Å². The van der Waals surface area contributed by atoms with Gasteiger partial charge in [-0.3, -0.25) is 4.79 Å². The maximum Gasteiger partial charge on any atom is 0.196 e. The molecule has 3 aromatic carbocycles. The van der Waals surface area contributed by atoms with Crippen molar-refractivity contribution in [1.29, 1.82) is 0 Å². The van der Waals surface area contributed by atoms with Gasteiger partial charge in [0.15, 0.2) is 5.78 Å². The van der Waals surface area contributed by atoms with Crippen LogP contribution in [0.4, 0.5) is 5.00 Å². The van der Waals surface area contributed by atoms with Crippen molar-refractivity contribution in [1.82, 2.24) is 0 Å². The highest BCUT2D eigenvalue weighted by Gasteiger charge is 2.24. The maximum atomic E-state index is 13.4. The van der Waals surface area contributed by atoms with E-state index in [-0.39, 0.29) is 5.78 Å². The van der Waals surface area contributed by atoms with Gasteiger partial charge in [-0.2, -0.15) is 0 Å². The number of halogens is 1. The van der Waals surface area contributed by atoms with Gasteiger partial charge in [-0.05, 0) is 47.5 Å². The summed E-state index contributed by atoms with van der Waals surface area (Å²) in [7, 11) is 1.65. The Morgan fingerprint density at radius 1 is 0.967 bits per heavy atom. The molecule has 0 amide bonds. The van der Waals surface area contributed by atoms with Crippen molar-refractivity contribution < 1.29 is 9.53 Å². The summed E-state index contributed by atoms with van der Waals surface area (Å²) in [6.45, 7) is 0. The van der Waals surface area contributed by atoms with Crippen LogP contribution in [0.25, 0.3) is 11.1 Å². The van der Waals surface area contributed by atoms with Gasteiger partial charge in [-0.25, -0.2) is 0 Å². The number of nitrogens with two attached hydrogens (primary N) is 1. The molecule has 30 heavy (non-hydrogen) atoms. The number of ketones is 1. The van der Waals surface area contributed by atoms with Gasteiger partial charge in [0.05, 0.1) is 17.7 Å². The topological polar surface area (TPSA) is 52.3 Å². The number of carbonyl (C=O) groups is 1. The Morgan fingerprint density at radius 3 is 2.27 bits per heavy atom. The molecule has 0 aliphatic carbocycles. The molecule has 0 fully saturated rings. The Labute approximate surface area is 184 Å². The van der Waals surface area contributed by atoms with Crippen LogP contribution in [0.2, 0.25) is 5.02 Å². The zero-order valence-electron chi connectivity index (χ0n) is 16.4. The van der Waals surface area contributed by atoms with E-state index in [4.69, 9.17) is 22.1 Å². The zero-order valence-corrected chi connectivity index (χ0v) is 18.0. The Kier molecular flexibility index (Phi) is 5.88. The van der Waals surface area contributed by atoms with Crippen LogP contribution in [0.15, 0.2) is 78.9 Å². The van der Waals surface area contributed by atoms with E-state index in [1.165, 1.54) is 11.3 Å². The monoisotopic (exact) mass is 433 g/mol. The third kappa shape index (κ3) is 4.11. The van der Waals surface area contributed by atoms with Crippen molar-refractivity contribution in [2.75, 3.05) is 12.8 Å². The lowest BCUT2D eigenvalue weighted by Crippen LogP contribution is -2.05. The second-order valence-electron chi connectivity index (χ2n) is 6.87. The molecule has 0 aliphatic rings. The van der Waals surface area contributed by atoms with Gasteiger partial charge < -0.3 is 10.5 Å². The van der Waals surface area contributed by atoms with Crippen molar-refractivity contribution in [2.24, 2.45) is 0 Å². The second kappa shape index (κ2) is 8.74. The number of thiophene rings is 1. The van der Waals surface area contributed by atoms with Crippen LogP contribution in [-0.4, -0.2) is 12.9 Å². The summed E-state index contributed by atoms with van der Waals surface area (Å²) in [6.07, 6.45) is 0.678. The van der Waals surface area contributed by atoms with Gasteiger partial charge in [-0.1, -0.05) is 54.1 Å². The minimum atomic E-state index is -0.0970. The first-order valence-corrected chi connectivity index (χ1v) is 10.7. The predicted molar refractivity (Wildman–Crippen MR) is 125 cm³/mol. The van der Waals surface area contributed by atoms with E-state index in [1.54, 1.807) is 31.4 Å². The quantitative estimate of drug-likeness (QED) is 0.354. The normalized spacial score (nSPS) is 10.7. The molecule has 0 radical (unpaired) electrons. The summed E-state index contributed by atoms with van der Waals surface area (Å²) in [4.78, 5) is 14.4. The number of anilines is 1. The molecule has 0 saturated carbocycles. The van der Waals surface area contributed by atoms with Gasteiger partial charge in [0, 0.05) is 27.4 Å². The van der Waals surface area contributed by atoms with Crippen molar-refractivity contribution in [3.63, 3.8) is 0 Å². The molecule has 0 spiro atoms. The van der Waals surface area contributed by atoms with E-state index < -0.39 is 0 Å². The highest BCUT2D eigenvalue weighted by molar-refractivity contribution is 7.17. The number of ether oxygens (including phenoxy) is 1. The summed E-state index contributed by atoms with van der Waals surface area (Å²) < 4.78 is 5.25. The molecule has 0 unspecified atom stereocenters. The molecule has 1 aromatic heterocycles. The zero-order chi connectivity index (χ0) is 21.1. The van der Waals surface area contributed by atoms with Gasteiger partial charge in [-0.15, -0.1) is 11.3 Å². The van der Waals surface area contributed by atoms with Crippen LogP contribution in [0.5, 0.6) is 5.75 Å². The molecule has 4 aromatic rings. The standard InChI is InChI=1S/C25H20ClNO2S/c1-29-20-13-7-16(8-14-20)15-21-22(17-5-3-2-4-6-17)23(25(27)30-21)24(28)18-9-11-19(26)12-10-18/h2-14H,15,27H2,1H3. The fourth-order valence-electron chi connectivity index (χ4n) is 3.43. The number of hydrogen-bond donors (Lipinski definition) is 1. The van der Waals surface area contributed by atoms with Crippen LogP contribution >= 0.6 is 22.9 Å². The van der Waals surface area contributed by atoms with Crippen molar-refractivity contribution in [3.05, 3.63) is 105 Å². The maximum absolute atomic E-state index is 13.4. The Hall–Kier alpha value is -3.08. The number of rotatable bonds is 6. The van der Waals surface area contributed by atoms with E-state index in [0.717, 1.165) is 27.3 Å². The third-order valence-electron chi connectivity index (χ3n) is 4.93. The number of benzene rings is 3. The molecule has 0 aliphatic heterocycles. The molecule has 5 heteroatoms. The van der Waals surface area contributed by atoms with Crippen LogP contribution in [0.3, 0.4) is 0 Å². The van der Waals surface area contributed by atoms with E-state index in [2.05, 4.69) is 0 Å². The third-order valence-corrected chi connectivity index (χ3v) is 6.20. The SMILES string of the molecule is COc1ccc(Cc2sc(N)c(C(=O)c3ccc(Cl)cc3)c2-c2ccccc2)cc1. The van der Waals surface area contributed by atoms with E-state index in [1.807, 2.05) is 54.6 Å². The molecule has 0 bridgehead atoms. The number of methoxy groups -OCH3 is 1. The first-order chi connectivity index (χ1) is 14.6.